The van der Waals surface area contributed by atoms with Gasteiger partial charge in [-0.3, -0.25) is 0 Å². The molecule has 6 aromatic carbocycles. The standard InChI is InChI=1S/C52H57O4P/c1-34(2)53-49-38-18-15-19-39(49)29-41-21-17-23-43(51(41)55-36(5)6)31-45-33-48(57(46-24-11-9-12-25-46)47-26-13-10-14-27-47)32-44(52(45)56-37(7)8)30-42-22-16-20-40(28-38)50(42)54-35(3)4/h9-27,32-37H,28-31H2,1-8H3. The maximum atomic E-state index is 6.95. The summed E-state index contributed by atoms with van der Waals surface area (Å²) in [6.45, 7) is 16.9. The first-order valence-corrected chi connectivity index (χ1v) is 21.9. The summed E-state index contributed by atoms with van der Waals surface area (Å²) in [7, 11) is -0.888. The first kappa shape index (κ1) is 40.2. The SMILES string of the molecule is CC(C)Oc1c2cccc1Cc1cccc(c1OC(C)C)Cc1cc(P(c3ccccc3)c3ccccc3)cc(c1OC(C)C)Cc1cccc(c1OC(C)C)C2. The van der Waals surface area contributed by atoms with E-state index in [1.165, 1.54) is 15.9 Å². The van der Waals surface area contributed by atoms with E-state index in [4.69, 9.17) is 18.9 Å². The molecule has 8 bridgehead atoms. The van der Waals surface area contributed by atoms with Gasteiger partial charge in [0.05, 0.1) is 24.4 Å². The van der Waals surface area contributed by atoms with Crippen LogP contribution in [-0.2, 0) is 25.7 Å². The molecule has 6 aromatic rings. The van der Waals surface area contributed by atoms with Gasteiger partial charge in [-0.15, -0.1) is 0 Å². The average molecular weight is 777 g/mol. The van der Waals surface area contributed by atoms with Crippen LogP contribution in [-0.4, -0.2) is 24.4 Å². The molecule has 0 amide bonds. The summed E-state index contributed by atoms with van der Waals surface area (Å²) in [4.78, 5) is 0. The first-order valence-electron chi connectivity index (χ1n) is 20.6. The fourth-order valence-corrected chi connectivity index (χ4v) is 10.3. The van der Waals surface area contributed by atoms with Crippen molar-refractivity contribution in [3.63, 3.8) is 0 Å². The number of fused-ring (bicyclic) bond motifs is 8. The lowest BCUT2D eigenvalue weighted by Gasteiger charge is -2.27. The molecule has 0 aliphatic heterocycles. The smallest absolute Gasteiger partial charge is 0.126 e. The Balaban J connectivity index is 1.54. The van der Waals surface area contributed by atoms with Gasteiger partial charge >= 0.3 is 0 Å². The summed E-state index contributed by atoms with van der Waals surface area (Å²) >= 11 is 0. The van der Waals surface area contributed by atoms with E-state index in [-0.39, 0.29) is 24.4 Å². The zero-order chi connectivity index (χ0) is 40.1. The van der Waals surface area contributed by atoms with Gasteiger partial charge in [0.1, 0.15) is 23.0 Å². The first-order chi connectivity index (χ1) is 27.5. The summed E-state index contributed by atoms with van der Waals surface area (Å²) in [6.07, 6.45) is 2.63. The molecule has 0 fully saturated rings. The van der Waals surface area contributed by atoms with Crippen molar-refractivity contribution in [1.82, 2.24) is 0 Å². The van der Waals surface area contributed by atoms with Gasteiger partial charge in [0, 0.05) is 25.7 Å². The van der Waals surface area contributed by atoms with Crippen molar-refractivity contribution >= 4 is 23.8 Å². The fourth-order valence-electron chi connectivity index (χ4n) is 7.85. The molecule has 4 nitrogen and oxygen atoms in total. The molecule has 1 aliphatic carbocycles. The van der Waals surface area contributed by atoms with Crippen LogP contribution in [0.4, 0.5) is 0 Å². The Bertz CT molecular complexity index is 2130. The number of benzene rings is 6. The lowest BCUT2D eigenvalue weighted by Crippen LogP contribution is -2.23. The molecule has 0 N–H and O–H groups in total. The third-order valence-electron chi connectivity index (χ3n) is 9.99. The lowest BCUT2D eigenvalue weighted by molar-refractivity contribution is 0.233. The molecule has 0 spiro atoms. The van der Waals surface area contributed by atoms with Crippen molar-refractivity contribution in [2.75, 3.05) is 0 Å². The van der Waals surface area contributed by atoms with E-state index in [0.717, 1.165) is 67.5 Å². The van der Waals surface area contributed by atoms with Crippen molar-refractivity contribution in [3.8, 4) is 23.0 Å². The van der Waals surface area contributed by atoms with E-state index < -0.39 is 7.92 Å². The highest BCUT2D eigenvalue weighted by Crippen LogP contribution is 2.42. The van der Waals surface area contributed by atoms with Crippen LogP contribution in [0.25, 0.3) is 0 Å². The second-order valence-electron chi connectivity index (χ2n) is 16.2. The van der Waals surface area contributed by atoms with E-state index in [9.17, 15) is 0 Å². The van der Waals surface area contributed by atoms with Crippen LogP contribution in [0.3, 0.4) is 0 Å². The molecular formula is C52H57O4P. The second-order valence-corrected chi connectivity index (χ2v) is 18.4. The van der Waals surface area contributed by atoms with Crippen LogP contribution in [0, 0.1) is 0 Å². The molecule has 0 radical (unpaired) electrons. The molecule has 5 heteroatoms. The molecule has 0 aromatic heterocycles. The van der Waals surface area contributed by atoms with Crippen LogP contribution in [0.1, 0.15) is 99.9 Å². The molecule has 1 aliphatic rings. The molecule has 0 saturated heterocycles. The van der Waals surface area contributed by atoms with Gasteiger partial charge in [-0.25, -0.2) is 0 Å². The summed E-state index contributed by atoms with van der Waals surface area (Å²) < 4.78 is 27.3. The van der Waals surface area contributed by atoms with E-state index in [1.54, 1.807) is 0 Å². The van der Waals surface area contributed by atoms with Crippen molar-refractivity contribution in [2.45, 2.75) is 105 Å². The molecular weight excluding hydrogens is 720 g/mol. The largest absolute Gasteiger partial charge is 0.490 e. The van der Waals surface area contributed by atoms with Crippen LogP contribution in [0.15, 0.2) is 127 Å². The van der Waals surface area contributed by atoms with E-state index in [1.807, 2.05) is 0 Å². The lowest BCUT2D eigenvalue weighted by atomic mass is 9.91. The fraction of sp³-hybridized carbons (Fsp3) is 0.308. The van der Waals surface area contributed by atoms with Gasteiger partial charge in [0.15, 0.2) is 0 Å². The van der Waals surface area contributed by atoms with Gasteiger partial charge in [-0.2, -0.15) is 0 Å². The van der Waals surface area contributed by atoms with Crippen LogP contribution >= 0.6 is 7.92 Å². The third kappa shape index (κ3) is 9.57. The van der Waals surface area contributed by atoms with E-state index in [2.05, 4.69) is 183 Å². The molecule has 0 unspecified atom stereocenters. The number of ether oxygens (including phenoxy) is 4. The van der Waals surface area contributed by atoms with E-state index in [0.29, 0.717) is 25.7 Å². The topological polar surface area (TPSA) is 36.9 Å². The highest BCUT2D eigenvalue weighted by molar-refractivity contribution is 7.79. The van der Waals surface area contributed by atoms with Crippen LogP contribution in [0.2, 0.25) is 0 Å². The highest BCUT2D eigenvalue weighted by Gasteiger charge is 2.26. The summed E-state index contributed by atoms with van der Waals surface area (Å²) in [5.74, 6) is 3.76. The molecule has 0 saturated carbocycles. The van der Waals surface area contributed by atoms with Crippen molar-refractivity contribution < 1.29 is 18.9 Å². The Kier molecular flexibility index (Phi) is 12.7. The van der Waals surface area contributed by atoms with Gasteiger partial charge in [-0.1, -0.05) is 115 Å². The Morgan fingerprint density at radius 2 is 0.579 bits per heavy atom. The predicted octanol–water partition coefficient (Wildman–Crippen LogP) is 11.3. The highest BCUT2D eigenvalue weighted by atomic mass is 31.1. The second kappa shape index (κ2) is 18.0. The minimum absolute atomic E-state index is 0.00472. The normalized spacial score (nSPS) is 12.7. The summed E-state index contributed by atoms with van der Waals surface area (Å²) in [6, 6.07) is 46.6. The van der Waals surface area contributed by atoms with Gasteiger partial charge in [0.2, 0.25) is 0 Å². The monoisotopic (exact) mass is 776 g/mol. The number of hydrogen-bond donors (Lipinski definition) is 0. The van der Waals surface area contributed by atoms with Crippen LogP contribution < -0.4 is 34.9 Å². The molecule has 0 heterocycles. The molecule has 0 atom stereocenters. The molecule has 57 heavy (non-hydrogen) atoms. The minimum atomic E-state index is -0.888. The minimum Gasteiger partial charge on any atom is -0.490 e. The zero-order valence-electron chi connectivity index (χ0n) is 34.8. The van der Waals surface area contributed by atoms with Gasteiger partial charge in [0.25, 0.3) is 0 Å². The predicted molar refractivity (Wildman–Crippen MR) is 239 cm³/mol. The Labute approximate surface area is 342 Å². The maximum Gasteiger partial charge on any atom is 0.126 e. The number of hydrogen-bond acceptors (Lipinski definition) is 4. The Morgan fingerprint density at radius 3 is 0.860 bits per heavy atom. The summed E-state index contributed by atoms with van der Waals surface area (Å²) in [5, 5.41) is 3.92. The quantitative estimate of drug-likeness (QED) is 0.123. The zero-order valence-corrected chi connectivity index (χ0v) is 35.7. The number of rotatable bonds is 11. The molecule has 7 rings (SSSR count). The summed E-state index contributed by atoms with van der Waals surface area (Å²) in [5.41, 5.74) is 9.16. The maximum absolute atomic E-state index is 6.95. The average Bonchev–Trinajstić information content (AvgIpc) is 3.16. The van der Waals surface area contributed by atoms with Gasteiger partial charge < -0.3 is 18.9 Å². The van der Waals surface area contributed by atoms with Crippen molar-refractivity contribution in [3.05, 3.63) is 172 Å². The Hall–Kier alpha value is -5.05. The van der Waals surface area contributed by atoms with Crippen LogP contribution in [0.5, 0.6) is 23.0 Å². The van der Waals surface area contributed by atoms with Crippen molar-refractivity contribution in [2.24, 2.45) is 0 Å². The van der Waals surface area contributed by atoms with Crippen molar-refractivity contribution in [1.29, 1.82) is 0 Å². The molecule has 294 valence electrons. The number of para-hydroxylation sites is 3. The van der Waals surface area contributed by atoms with E-state index >= 15 is 0 Å². The van der Waals surface area contributed by atoms with Gasteiger partial charge in [-0.05, 0) is 136 Å². The Morgan fingerprint density at radius 1 is 0.316 bits per heavy atom. The third-order valence-corrected chi connectivity index (χ3v) is 12.4.